The average Bonchev–Trinajstić information content (AvgIpc) is 2.63. The van der Waals surface area contributed by atoms with Crippen molar-refractivity contribution in [1.29, 1.82) is 0 Å². The molecule has 4 N–H and O–H groups in total. The van der Waals surface area contributed by atoms with Gasteiger partial charge in [0.05, 0.1) is 11.5 Å². The first-order valence-electron chi connectivity index (χ1n) is 6.84. The van der Waals surface area contributed by atoms with E-state index in [1.54, 1.807) is 12.1 Å². The minimum absolute atomic E-state index is 0.0194. The molecule has 0 saturated carbocycles. The van der Waals surface area contributed by atoms with Gasteiger partial charge < -0.3 is 16.4 Å². The highest BCUT2D eigenvalue weighted by atomic mass is 32.2. The lowest BCUT2D eigenvalue weighted by molar-refractivity contribution is 0.259. The van der Waals surface area contributed by atoms with E-state index < -0.39 is 15.9 Å². The summed E-state index contributed by atoms with van der Waals surface area (Å²) >= 11 is 0. The lowest BCUT2D eigenvalue weighted by atomic mass is 9.98. The molecule has 0 bridgehead atoms. The van der Waals surface area contributed by atoms with Crippen LogP contribution in [0.5, 0.6) is 0 Å². The number of urea groups is 1. The number of carbonyl (C=O) groups excluding carboxylic acids is 1. The highest BCUT2D eigenvalue weighted by molar-refractivity contribution is 7.91. The van der Waals surface area contributed by atoms with E-state index in [1.807, 2.05) is 26.0 Å². The second kappa shape index (κ2) is 5.65. The molecular formula is C14H21N3O3S. The zero-order chi connectivity index (χ0) is 15.7. The molecule has 21 heavy (non-hydrogen) atoms. The Morgan fingerprint density at radius 1 is 1.33 bits per heavy atom. The maximum atomic E-state index is 11.6. The Labute approximate surface area is 125 Å². The van der Waals surface area contributed by atoms with E-state index in [0.29, 0.717) is 12.1 Å². The first-order valence-corrected chi connectivity index (χ1v) is 8.66. The molecule has 116 valence electrons. The number of hydrogen-bond acceptors (Lipinski definition) is 4. The fraction of sp³-hybridized carbons (Fsp3) is 0.500. The number of carbonyl (C=O) groups is 1. The monoisotopic (exact) mass is 311 g/mol. The topological polar surface area (TPSA) is 101 Å². The Bertz CT molecular complexity index is 627. The van der Waals surface area contributed by atoms with Crippen molar-refractivity contribution in [3.8, 4) is 0 Å². The average molecular weight is 311 g/mol. The summed E-state index contributed by atoms with van der Waals surface area (Å²) in [4.78, 5) is 10.8. The van der Waals surface area contributed by atoms with Crippen LogP contribution in [-0.4, -0.2) is 31.5 Å². The number of benzene rings is 1. The largest absolute Gasteiger partial charge is 0.351 e. The van der Waals surface area contributed by atoms with Crippen molar-refractivity contribution in [3.05, 3.63) is 29.8 Å². The normalized spacial score (nSPS) is 25.4. The number of anilines is 1. The molecule has 7 heteroatoms. The van der Waals surface area contributed by atoms with E-state index in [0.717, 1.165) is 5.56 Å². The summed E-state index contributed by atoms with van der Waals surface area (Å²) in [5.74, 6) is 0.413. The number of nitrogens with one attached hydrogen (secondary N) is 2. The third-order valence-corrected chi connectivity index (χ3v) is 5.65. The quantitative estimate of drug-likeness (QED) is 0.782. The summed E-state index contributed by atoms with van der Waals surface area (Å²) in [6, 6.07) is 6.73. The summed E-state index contributed by atoms with van der Waals surface area (Å²) in [5, 5.41) is 5.90. The third-order valence-electron chi connectivity index (χ3n) is 3.75. The molecule has 0 aliphatic carbocycles. The minimum atomic E-state index is -2.93. The van der Waals surface area contributed by atoms with Crippen LogP contribution in [0.2, 0.25) is 0 Å². The third kappa shape index (κ3) is 4.18. The van der Waals surface area contributed by atoms with Crippen molar-refractivity contribution < 1.29 is 13.2 Å². The van der Waals surface area contributed by atoms with Crippen LogP contribution in [0.1, 0.15) is 31.9 Å². The van der Waals surface area contributed by atoms with Crippen molar-refractivity contribution in [1.82, 2.24) is 5.32 Å². The van der Waals surface area contributed by atoms with Gasteiger partial charge in [-0.05, 0) is 38.0 Å². The Balaban J connectivity index is 2.03. The van der Waals surface area contributed by atoms with Gasteiger partial charge >= 0.3 is 6.03 Å². The minimum Gasteiger partial charge on any atom is -0.351 e. The Morgan fingerprint density at radius 3 is 2.43 bits per heavy atom. The highest BCUT2D eigenvalue weighted by Crippen LogP contribution is 2.27. The van der Waals surface area contributed by atoms with E-state index in [-0.39, 0.29) is 23.1 Å². The van der Waals surface area contributed by atoms with Crippen molar-refractivity contribution in [3.63, 3.8) is 0 Å². The second-order valence-electron chi connectivity index (χ2n) is 5.88. The molecule has 1 saturated heterocycles. The van der Waals surface area contributed by atoms with Gasteiger partial charge in [0.25, 0.3) is 0 Å². The Kier molecular flexibility index (Phi) is 4.25. The maximum absolute atomic E-state index is 11.6. The summed E-state index contributed by atoms with van der Waals surface area (Å²) in [6.07, 6.45) is 0.626. The van der Waals surface area contributed by atoms with E-state index >= 15 is 0 Å². The van der Waals surface area contributed by atoms with E-state index in [4.69, 9.17) is 5.73 Å². The summed E-state index contributed by atoms with van der Waals surface area (Å²) < 4.78 is 23.2. The van der Waals surface area contributed by atoms with Crippen molar-refractivity contribution in [2.75, 3.05) is 16.8 Å². The van der Waals surface area contributed by atoms with Gasteiger partial charge in [-0.15, -0.1) is 0 Å². The molecular weight excluding hydrogens is 290 g/mol. The van der Waals surface area contributed by atoms with Gasteiger partial charge in [0.2, 0.25) is 0 Å². The predicted molar refractivity (Wildman–Crippen MR) is 82.9 cm³/mol. The summed E-state index contributed by atoms with van der Waals surface area (Å²) in [7, 11) is -2.93. The molecule has 2 unspecified atom stereocenters. The summed E-state index contributed by atoms with van der Waals surface area (Å²) in [5.41, 5.74) is 6.32. The predicted octanol–water partition coefficient (Wildman–Crippen LogP) is 1.40. The number of hydrogen-bond donors (Lipinski definition) is 3. The first kappa shape index (κ1) is 15.8. The first-order chi connectivity index (χ1) is 9.69. The molecule has 0 radical (unpaired) electrons. The number of sulfone groups is 1. The summed E-state index contributed by atoms with van der Waals surface area (Å²) in [6.45, 7) is 3.93. The van der Waals surface area contributed by atoms with Crippen LogP contribution < -0.4 is 16.4 Å². The molecule has 1 aliphatic heterocycles. The van der Waals surface area contributed by atoms with Crippen LogP contribution in [0.4, 0.5) is 10.5 Å². The van der Waals surface area contributed by atoms with Crippen molar-refractivity contribution in [2.24, 2.45) is 5.73 Å². The van der Waals surface area contributed by atoms with E-state index in [1.165, 1.54) is 0 Å². The molecule has 1 aromatic rings. The van der Waals surface area contributed by atoms with Gasteiger partial charge in [-0.2, -0.15) is 0 Å². The molecule has 2 rings (SSSR count). The van der Waals surface area contributed by atoms with Crippen molar-refractivity contribution >= 4 is 21.6 Å². The molecule has 1 aliphatic rings. The van der Waals surface area contributed by atoms with Crippen LogP contribution in [-0.2, 0) is 9.84 Å². The second-order valence-corrected chi connectivity index (χ2v) is 8.06. The van der Waals surface area contributed by atoms with Crippen LogP contribution in [0.15, 0.2) is 24.3 Å². The molecule has 6 nitrogen and oxygen atoms in total. The zero-order valence-electron chi connectivity index (χ0n) is 12.2. The van der Waals surface area contributed by atoms with E-state index in [9.17, 15) is 13.2 Å². The van der Waals surface area contributed by atoms with Gasteiger partial charge in [-0.25, -0.2) is 13.2 Å². The molecule has 1 heterocycles. The van der Waals surface area contributed by atoms with Crippen LogP contribution in [0.25, 0.3) is 0 Å². The van der Waals surface area contributed by atoms with Gasteiger partial charge in [0, 0.05) is 17.3 Å². The van der Waals surface area contributed by atoms with Gasteiger partial charge in [-0.3, -0.25) is 0 Å². The van der Waals surface area contributed by atoms with Crippen LogP contribution in [0.3, 0.4) is 0 Å². The maximum Gasteiger partial charge on any atom is 0.316 e. The van der Waals surface area contributed by atoms with Gasteiger partial charge in [0.15, 0.2) is 9.84 Å². The lowest BCUT2D eigenvalue weighted by Gasteiger charge is -2.29. The molecule has 2 amide bonds. The Hall–Kier alpha value is -1.60. The van der Waals surface area contributed by atoms with Crippen LogP contribution >= 0.6 is 0 Å². The number of nitrogens with two attached hydrogens (primary N) is 1. The standard InChI is InChI=1S/C14H21N3O3S/c1-10(17-14(2)7-8-21(19,20)9-14)11-3-5-12(6-4-11)16-13(15)18/h3-6,10,17H,7-9H2,1-2H3,(H3,15,16,18). The fourth-order valence-electron chi connectivity index (χ4n) is 2.73. The number of rotatable bonds is 4. The SMILES string of the molecule is CC(NC1(C)CCS(=O)(=O)C1)c1ccc(NC(N)=O)cc1. The molecule has 0 spiro atoms. The van der Waals surface area contributed by atoms with Crippen molar-refractivity contribution in [2.45, 2.75) is 31.8 Å². The van der Waals surface area contributed by atoms with Crippen LogP contribution in [0, 0.1) is 0 Å². The highest BCUT2D eigenvalue weighted by Gasteiger charge is 2.38. The smallest absolute Gasteiger partial charge is 0.316 e. The molecule has 1 fully saturated rings. The van der Waals surface area contributed by atoms with Gasteiger partial charge in [-0.1, -0.05) is 12.1 Å². The van der Waals surface area contributed by atoms with Gasteiger partial charge in [0.1, 0.15) is 0 Å². The number of amides is 2. The lowest BCUT2D eigenvalue weighted by Crippen LogP contribution is -2.44. The Morgan fingerprint density at radius 2 is 1.95 bits per heavy atom. The molecule has 2 atom stereocenters. The molecule has 0 aromatic heterocycles. The van der Waals surface area contributed by atoms with E-state index in [2.05, 4.69) is 10.6 Å². The zero-order valence-corrected chi connectivity index (χ0v) is 13.0. The molecule has 1 aromatic carbocycles. The number of primary amides is 1. The fourth-order valence-corrected chi connectivity index (χ4v) is 4.83.